The Bertz CT molecular complexity index is 587. The lowest BCUT2D eigenvalue weighted by atomic mass is 10.1. The van der Waals surface area contributed by atoms with Crippen LogP contribution in [0.3, 0.4) is 0 Å². The number of carbonyl (C=O) groups excluding carboxylic acids is 1. The maximum Gasteiger partial charge on any atom is 0.310 e. The van der Waals surface area contributed by atoms with E-state index >= 15 is 0 Å². The number of aromatic nitrogens is 1. The smallest absolute Gasteiger partial charge is 0.310 e. The molecule has 0 bridgehead atoms. The van der Waals surface area contributed by atoms with E-state index in [4.69, 9.17) is 5.11 Å². The number of thiazole rings is 1. The van der Waals surface area contributed by atoms with E-state index in [1.165, 1.54) is 4.57 Å². The van der Waals surface area contributed by atoms with Crippen LogP contribution in [0.4, 0.5) is 0 Å². The standard InChI is InChI=1S/C12H14N2O4S/c1-7-6-19-12(18)14(7)5-10(15)13-9-3-2-8(4-9)11(16)17/h2-3,6,8-9H,4-5H2,1H3,(H,13,15)(H,16,17). The molecule has 1 aromatic heterocycles. The van der Waals surface area contributed by atoms with Gasteiger partial charge in [0, 0.05) is 17.1 Å². The average Bonchev–Trinajstić information content (AvgIpc) is 2.91. The molecule has 0 saturated carbocycles. The molecular weight excluding hydrogens is 268 g/mol. The number of hydrogen-bond donors (Lipinski definition) is 2. The summed E-state index contributed by atoms with van der Waals surface area (Å²) < 4.78 is 1.40. The van der Waals surface area contributed by atoms with Gasteiger partial charge in [-0.05, 0) is 13.3 Å². The molecule has 1 aliphatic rings. The quantitative estimate of drug-likeness (QED) is 0.781. The molecule has 0 aliphatic heterocycles. The summed E-state index contributed by atoms with van der Waals surface area (Å²) in [6.07, 6.45) is 3.62. The molecule has 7 heteroatoms. The summed E-state index contributed by atoms with van der Waals surface area (Å²) >= 11 is 1.06. The topological polar surface area (TPSA) is 88.4 Å². The van der Waals surface area contributed by atoms with Crippen LogP contribution in [0, 0.1) is 12.8 Å². The molecular formula is C12H14N2O4S. The Hall–Kier alpha value is -1.89. The van der Waals surface area contributed by atoms with Gasteiger partial charge in [-0.1, -0.05) is 23.5 Å². The van der Waals surface area contributed by atoms with Crippen molar-refractivity contribution in [2.45, 2.75) is 25.9 Å². The largest absolute Gasteiger partial charge is 0.481 e. The van der Waals surface area contributed by atoms with E-state index in [1.54, 1.807) is 24.5 Å². The zero-order valence-corrected chi connectivity index (χ0v) is 11.1. The first-order valence-electron chi connectivity index (χ1n) is 5.83. The Morgan fingerprint density at radius 2 is 2.26 bits per heavy atom. The maximum absolute atomic E-state index is 11.8. The summed E-state index contributed by atoms with van der Waals surface area (Å²) in [6, 6.07) is -0.275. The lowest BCUT2D eigenvalue weighted by Crippen LogP contribution is -2.37. The fraction of sp³-hybridized carbons (Fsp3) is 0.417. The fourth-order valence-electron chi connectivity index (χ4n) is 1.98. The van der Waals surface area contributed by atoms with Crippen molar-refractivity contribution in [2.24, 2.45) is 5.92 Å². The van der Waals surface area contributed by atoms with Crippen LogP contribution in [0.15, 0.2) is 22.3 Å². The van der Waals surface area contributed by atoms with Crippen LogP contribution in [-0.2, 0) is 16.1 Å². The van der Waals surface area contributed by atoms with Gasteiger partial charge >= 0.3 is 10.8 Å². The van der Waals surface area contributed by atoms with Crippen LogP contribution >= 0.6 is 11.3 Å². The molecule has 6 nitrogen and oxygen atoms in total. The van der Waals surface area contributed by atoms with Gasteiger partial charge in [0.05, 0.1) is 5.92 Å². The van der Waals surface area contributed by atoms with Gasteiger partial charge in [-0.15, -0.1) is 0 Å². The minimum Gasteiger partial charge on any atom is -0.481 e. The van der Waals surface area contributed by atoms with Crippen molar-refractivity contribution in [3.8, 4) is 0 Å². The van der Waals surface area contributed by atoms with Crippen molar-refractivity contribution in [3.63, 3.8) is 0 Å². The molecule has 2 unspecified atom stereocenters. The Kier molecular flexibility index (Phi) is 3.84. The number of carboxylic acids is 1. The van der Waals surface area contributed by atoms with Crippen LogP contribution in [0.2, 0.25) is 0 Å². The molecule has 1 amide bonds. The monoisotopic (exact) mass is 282 g/mol. The van der Waals surface area contributed by atoms with Crippen molar-refractivity contribution >= 4 is 23.2 Å². The predicted molar refractivity (Wildman–Crippen MR) is 70.1 cm³/mol. The molecule has 1 aromatic rings. The molecule has 2 rings (SSSR count). The Labute approximate surface area is 113 Å². The molecule has 0 saturated heterocycles. The molecule has 2 atom stereocenters. The van der Waals surface area contributed by atoms with Crippen molar-refractivity contribution in [3.05, 3.63) is 32.9 Å². The minimum atomic E-state index is -0.891. The van der Waals surface area contributed by atoms with E-state index in [1.807, 2.05) is 0 Å². The van der Waals surface area contributed by atoms with E-state index in [-0.39, 0.29) is 23.4 Å². The summed E-state index contributed by atoms with van der Waals surface area (Å²) in [6.45, 7) is 1.73. The van der Waals surface area contributed by atoms with Crippen molar-refractivity contribution in [1.82, 2.24) is 9.88 Å². The molecule has 102 valence electrons. The number of aliphatic carboxylic acids is 1. The Morgan fingerprint density at radius 3 is 2.79 bits per heavy atom. The van der Waals surface area contributed by atoms with Crippen LogP contribution < -0.4 is 10.2 Å². The van der Waals surface area contributed by atoms with Gasteiger partial charge in [-0.2, -0.15) is 0 Å². The number of rotatable bonds is 4. The predicted octanol–water partition coefficient (Wildman–Crippen LogP) is 0.364. The lowest BCUT2D eigenvalue weighted by molar-refractivity contribution is -0.140. The van der Waals surface area contributed by atoms with E-state index in [0.717, 1.165) is 17.0 Å². The van der Waals surface area contributed by atoms with Gasteiger partial charge in [-0.3, -0.25) is 19.0 Å². The highest BCUT2D eigenvalue weighted by Crippen LogP contribution is 2.17. The first kappa shape index (κ1) is 13.5. The van der Waals surface area contributed by atoms with E-state index < -0.39 is 11.9 Å². The Morgan fingerprint density at radius 1 is 1.53 bits per heavy atom. The van der Waals surface area contributed by atoms with Crippen LogP contribution in [-0.4, -0.2) is 27.6 Å². The highest BCUT2D eigenvalue weighted by molar-refractivity contribution is 7.07. The zero-order chi connectivity index (χ0) is 14.0. The van der Waals surface area contributed by atoms with Crippen LogP contribution in [0.25, 0.3) is 0 Å². The first-order valence-corrected chi connectivity index (χ1v) is 6.70. The number of hydrogen-bond acceptors (Lipinski definition) is 4. The van der Waals surface area contributed by atoms with Crippen LogP contribution in [0.1, 0.15) is 12.1 Å². The third kappa shape index (κ3) is 3.11. The molecule has 0 radical (unpaired) electrons. The van der Waals surface area contributed by atoms with E-state index in [0.29, 0.717) is 6.42 Å². The zero-order valence-electron chi connectivity index (χ0n) is 10.3. The molecule has 1 aliphatic carbocycles. The summed E-state index contributed by atoms with van der Waals surface area (Å²) in [5.74, 6) is -1.72. The number of aryl methyl sites for hydroxylation is 1. The van der Waals surface area contributed by atoms with Gasteiger partial charge in [0.15, 0.2) is 0 Å². The van der Waals surface area contributed by atoms with Gasteiger partial charge in [-0.25, -0.2) is 0 Å². The summed E-state index contributed by atoms with van der Waals surface area (Å²) in [7, 11) is 0. The summed E-state index contributed by atoms with van der Waals surface area (Å²) in [5.41, 5.74) is 0.746. The summed E-state index contributed by atoms with van der Waals surface area (Å²) in [4.78, 5) is 33.9. The molecule has 19 heavy (non-hydrogen) atoms. The van der Waals surface area contributed by atoms with Crippen molar-refractivity contribution in [2.75, 3.05) is 0 Å². The van der Waals surface area contributed by atoms with Crippen molar-refractivity contribution < 1.29 is 14.7 Å². The number of nitrogens with one attached hydrogen (secondary N) is 1. The number of carboxylic acid groups (broad SMARTS) is 1. The SMILES string of the molecule is Cc1csc(=O)n1CC(=O)NC1C=CC(C(=O)O)C1. The second kappa shape index (κ2) is 5.40. The average molecular weight is 282 g/mol. The third-order valence-electron chi connectivity index (χ3n) is 3.03. The van der Waals surface area contributed by atoms with E-state index in [9.17, 15) is 14.4 Å². The number of nitrogens with zero attached hydrogens (tertiary/aromatic N) is 1. The second-order valence-corrected chi connectivity index (χ2v) is 5.29. The normalized spacial score (nSPS) is 21.5. The molecule has 0 aromatic carbocycles. The molecule has 0 fully saturated rings. The van der Waals surface area contributed by atoms with E-state index in [2.05, 4.69) is 5.32 Å². The molecule has 1 heterocycles. The lowest BCUT2D eigenvalue weighted by Gasteiger charge is -2.12. The van der Waals surface area contributed by atoms with Gasteiger partial charge in [0.1, 0.15) is 6.54 Å². The number of carbonyl (C=O) groups is 2. The van der Waals surface area contributed by atoms with Crippen LogP contribution in [0.5, 0.6) is 0 Å². The highest BCUT2D eigenvalue weighted by atomic mass is 32.1. The molecule has 2 N–H and O–H groups in total. The highest BCUT2D eigenvalue weighted by Gasteiger charge is 2.25. The second-order valence-electron chi connectivity index (χ2n) is 4.47. The van der Waals surface area contributed by atoms with Gasteiger partial charge < -0.3 is 10.4 Å². The third-order valence-corrected chi connectivity index (χ3v) is 3.91. The fourth-order valence-corrected chi connectivity index (χ4v) is 2.72. The molecule has 0 spiro atoms. The Balaban J connectivity index is 1.92. The van der Waals surface area contributed by atoms with Crippen molar-refractivity contribution in [1.29, 1.82) is 0 Å². The maximum atomic E-state index is 11.8. The van der Waals surface area contributed by atoms with Gasteiger partial charge in [0.2, 0.25) is 5.91 Å². The summed E-state index contributed by atoms with van der Waals surface area (Å²) in [5, 5.41) is 13.2. The first-order chi connectivity index (χ1) is 8.97. The number of amides is 1. The minimum absolute atomic E-state index is 0.0315. The van der Waals surface area contributed by atoms with Gasteiger partial charge in [0.25, 0.3) is 0 Å².